The Bertz CT molecular complexity index is 909. The van der Waals surface area contributed by atoms with Gasteiger partial charge in [-0.15, -0.1) is 0 Å². The van der Waals surface area contributed by atoms with Gasteiger partial charge in [0.2, 0.25) is 5.91 Å². The highest BCUT2D eigenvalue weighted by atomic mass is 16.2. The fourth-order valence-electron chi connectivity index (χ4n) is 2.79. The summed E-state index contributed by atoms with van der Waals surface area (Å²) in [7, 11) is 4.89. The lowest BCUT2D eigenvalue weighted by Gasteiger charge is -2.19. The van der Waals surface area contributed by atoms with E-state index in [9.17, 15) is 14.4 Å². The first-order chi connectivity index (χ1) is 13.7. The average molecular weight is 396 g/mol. The molecule has 2 rings (SSSR count). The minimum Gasteiger partial charge on any atom is -0.345 e. The predicted molar refractivity (Wildman–Crippen MR) is 115 cm³/mol. The fraction of sp³-hybridized carbons (Fsp3) is 0.318. The summed E-state index contributed by atoms with van der Waals surface area (Å²) >= 11 is 0. The Morgan fingerprint density at radius 1 is 0.931 bits per heavy atom. The van der Waals surface area contributed by atoms with Gasteiger partial charge in [0.25, 0.3) is 5.91 Å². The molecule has 0 bridgehead atoms. The lowest BCUT2D eigenvalue weighted by Crippen LogP contribution is -2.38. The number of likely N-dealkylation sites (N-methyl/N-ethyl adjacent to an activating group) is 1. The quantitative estimate of drug-likeness (QED) is 0.786. The smallest absolute Gasteiger partial charge is 0.322 e. The van der Waals surface area contributed by atoms with E-state index < -0.39 is 6.03 Å². The average Bonchev–Trinajstić information content (AvgIpc) is 2.69. The van der Waals surface area contributed by atoms with Gasteiger partial charge in [0.1, 0.15) is 6.54 Å². The second kappa shape index (κ2) is 9.73. The SMILES string of the molecule is CCc1ccccc1NC(=O)CN(C)C(=O)Nc1cc(C(=O)N(C)C)ccc1C. The Hall–Kier alpha value is -3.35. The minimum atomic E-state index is -0.429. The number of carbonyl (C=O) groups is 3. The zero-order chi connectivity index (χ0) is 21.6. The molecule has 0 radical (unpaired) electrons. The third kappa shape index (κ3) is 5.81. The maximum atomic E-state index is 12.5. The molecule has 0 fully saturated rings. The molecule has 4 amide bonds. The lowest BCUT2D eigenvalue weighted by molar-refractivity contribution is -0.116. The molecule has 0 aliphatic carbocycles. The van der Waals surface area contributed by atoms with Crippen LogP contribution in [-0.4, -0.2) is 55.3 Å². The number of para-hydroxylation sites is 1. The first-order valence-corrected chi connectivity index (χ1v) is 9.45. The summed E-state index contributed by atoms with van der Waals surface area (Å²) in [6.07, 6.45) is 0.800. The molecule has 0 unspecified atom stereocenters. The van der Waals surface area contributed by atoms with Crippen LogP contribution in [0.2, 0.25) is 0 Å². The van der Waals surface area contributed by atoms with E-state index in [0.717, 1.165) is 23.2 Å². The summed E-state index contributed by atoms with van der Waals surface area (Å²) in [6, 6.07) is 12.3. The summed E-state index contributed by atoms with van der Waals surface area (Å²) < 4.78 is 0. The summed E-state index contributed by atoms with van der Waals surface area (Å²) in [4.78, 5) is 39.8. The molecule has 2 aromatic rings. The van der Waals surface area contributed by atoms with Crippen molar-refractivity contribution in [3.63, 3.8) is 0 Å². The third-order valence-corrected chi connectivity index (χ3v) is 4.53. The van der Waals surface area contributed by atoms with Crippen LogP contribution in [0.4, 0.5) is 16.2 Å². The Kier molecular flexibility index (Phi) is 7.36. The van der Waals surface area contributed by atoms with Crippen molar-refractivity contribution in [2.45, 2.75) is 20.3 Å². The number of carbonyl (C=O) groups excluding carboxylic acids is 3. The monoisotopic (exact) mass is 396 g/mol. The standard InChI is InChI=1S/C22H28N4O3/c1-6-16-9-7-8-10-18(16)23-20(27)14-26(5)22(29)24-19-13-17(12-11-15(19)2)21(28)25(3)4/h7-13H,6,14H2,1-5H3,(H,23,27)(H,24,29). The van der Waals surface area contributed by atoms with Crippen molar-refractivity contribution >= 4 is 29.2 Å². The number of aryl methyl sites for hydroxylation is 2. The van der Waals surface area contributed by atoms with Crippen LogP contribution in [0.3, 0.4) is 0 Å². The first kappa shape index (κ1) is 21.9. The van der Waals surface area contributed by atoms with Crippen molar-refractivity contribution in [2.24, 2.45) is 0 Å². The number of rotatable bonds is 6. The van der Waals surface area contributed by atoms with Gasteiger partial charge in [0, 0.05) is 38.1 Å². The Morgan fingerprint density at radius 3 is 2.28 bits per heavy atom. The summed E-state index contributed by atoms with van der Waals surface area (Å²) in [5.74, 6) is -0.431. The van der Waals surface area contributed by atoms with E-state index in [0.29, 0.717) is 11.3 Å². The normalized spacial score (nSPS) is 10.2. The fourth-order valence-corrected chi connectivity index (χ4v) is 2.79. The van der Waals surface area contributed by atoms with Gasteiger partial charge in [0.15, 0.2) is 0 Å². The minimum absolute atomic E-state index is 0.0980. The number of hydrogen-bond donors (Lipinski definition) is 2. The Labute approximate surface area is 171 Å². The highest BCUT2D eigenvalue weighted by Crippen LogP contribution is 2.19. The Balaban J connectivity index is 2.02. The van der Waals surface area contributed by atoms with Crippen LogP contribution in [0.5, 0.6) is 0 Å². The molecule has 2 N–H and O–H groups in total. The number of urea groups is 1. The van der Waals surface area contributed by atoms with E-state index in [1.165, 1.54) is 9.80 Å². The van der Waals surface area contributed by atoms with Crippen molar-refractivity contribution in [1.29, 1.82) is 0 Å². The third-order valence-electron chi connectivity index (χ3n) is 4.53. The van der Waals surface area contributed by atoms with Gasteiger partial charge in [-0.25, -0.2) is 4.79 Å². The van der Waals surface area contributed by atoms with Gasteiger partial charge in [-0.3, -0.25) is 9.59 Å². The Morgan fingerprint density at radius 2 is 1.62 bits per heavy atom. The second-order valence-electron chi connectivity index (χ2n) is 7.07. The number of hydrogen-bond acceptors (Lipinski definition) is 3. The number of nitrogens with zero attached hydrogens (tertiary/aromatic N) is 2. The van der Waals surface area contributed by atoms with Crippen LogP contribution in [0.15, 0.2) is 42.5 Å². The molecule has 0 aliphatic rings. The highest BCUT2D eigenvalue weighted by molar-refractivity contribution is 5.99. The molecule has 154 valence electrons. The highest BCUT2D eigenvalue weighted by Gasteiger charge is 2.16. The molecule has 7 heteroatoms. The second-order valence-corrected chi connectivity index (χ2v) is 7.07. The van der Waals surface area contributed by atoms with Crippen LogP contribution < -0.4 is 10.6 Å². The van der Waals surface area contributed by atoms with Gasteiger partial charge in [-0.05, 0) is 42.7 Å². The van der Waals surface area contributed by atoms with Crippen molar-refractivity contribution < 1.29 is 14.4 Å². The number of amides is 4. The van der Waals surface area contributed by atoms with E-state index in [1.807, 2.05) is 38.1 Å². The molecule has 0 spiro atoms. The van der Waals surface area contributed by atoms with E-state index in [2.05, 4.69) is 10.6 Å². The van der Waals surface area contributed by atoms with E-state index in [4.69, 9.17) is 0 Å². The van der Waals surface area contributed by atoms with Crippen molar-refractivity contribution in [2.75, 3.05) is 38.3 Å². The first-order valence-electron chi connectivity index (χ1n) is 9.45. The molecular formula is C22H28N4O3. The molecule has 29 heavy (non-hydrogen) atoms. The maximum Gasteiger partial charge on any atom is 0.322 e. The van der Waals surface area contributed by atoms with Crippen molar-refractivity contribution in [1.82, 2.24) is 9.80 Å². The number of benzene rings is 2. The number of nitrogens with one attached hydrogen (secondary N) is 2. The largest absolute Gasteiger partial charge is 0.345 e. The molecule has 0 saturated heterocycles. The van der Waals surface area contributed by atoms with Gasteiger partial charge in [-0.1, -0.05) is 31.2 Å². The topological polar surface area (TPSA) is 81.8 Å². The van der Waals surface area contributed by atoms with Gasteiger partial charge >= 0.3 is 6.03 Å². The molecule has 0 aromatic heterocycles. The van der Waals surface area contributed by atoms with Crippen LogP contribution in [0, 0.1) is 6.92 Å². The molecule has 0 atom stereocenters. The van der Waals surface area contributed by atoms with Crippen LogP contribution in [0.1, 0.15) is 28.4 Å². The van der Waals surface area contributed by atoms with Gasteiger partial charge < -0.3 is 20.4 Å². The van der Waals surface area contributed by atoms with Crippen LogP contribution in [0.25, 0.3) is 0 Å². The zero-order valence-electron chi connectivity index (χ0n) is 17.6. The van der Waals surface area contributed by atoms with Crippen molar-refractivity contribution in [3.05, 3.63) is 59.2 Å². The molecule has 2 aromatic carbocycles. The van der Waals surface area contributed by atoms with Crippen LogP contribution >= 0.6 is 0 Å². The molecule has 0 saturated carbocycles. The number of anilines is 2. The summed E-state index contributed by atoms with van der Waals surface area (Å²) in [5.41, 5.74) is 3.62. The van der Waals surface area contributed by atoms with Gasteiger partial charge in [0.05, 0.1) is 0 Å². The maximum absolute atomic E-state index is 12.5. The van der Waals surface area contributed by atoms with E-state index >= 15 is 0 Å². The summed E-state index contributed by atoms with van der Waals surface area (Å²) in [6.45, 7) is 3.76. The molecule has 7 nitrogen and oxygen atoms in total. The van der Waals surface area contributed by atoms with Gasteiger partial charge in [-0.2, -0.15) is 0 Å². The molecule has 0 aliphatic heterocycles. The van der Waals surface area contributed by atoms with E-state index in [-0.39, 0.29) is 18.4 Å². The molecule has 0 heterocycles. The van der Waals surface area contributed by atoms with E-state index in [1.54, 1.807) is 39.3 Å². The zero-order valence-corrected chi connectivity index (χ0v) is 17.6. The lowest BCUT2D eigenvalue weighted by atomic mass is 10.1. The van der Waals surface area contributed by atoms with Crippen LogP contribution in [-0.2, 0) is 11.2 Å². The predicted octanol–water partition coefficient (Wildman–Crippen LogP) is 3.36. The molecular weight excluding hydrogens is 368 g/mol. The summed E-state index contributed by atoms with van der Waals surface area (Å²) in [5, 5.41) is 5.62. The van der Waals surface area contributed by atoms with Crippen molar-refractivity contribution in [3.8, 4) is 0 Å².